The fourth-order valence-corrected chi connectivity index (χ4v) is 3.05. The van der Waals surface area contributed by atoms with E-state index in [-0.39, 0.29) is 17.2 Å². The molecular formula is C18H12F6N2O4. The van der Waals surface area contributed by atoms with E-state index in [2.05, 4.69) is 0 Å². The summed E-state index contributed by atoms with van der Waals surface area (Å²) in [7, 11) is 0. The number of alkyl halides is 5. The first-order chi connectivity index (χ1) is 13.9. The van der Waals surface area contributed by atoms with E-state index < -0.39 is 64.6 Å². The number of nitro benzene ring substituents is 1. The number of benzene rings is 2. The summed E-state index contributed by atoms with van der Waals surface area (Å²) in [6, 6.07) is 5.03. The number of hydrogen-bond acceptors (Lipinski definition) is 4. The molecule has 1 heterocycles. The Morgan fingerprint density at radius 1 is 1.27 bits per heavy atom. The van der Waals surface area contributed by atoms with Crippen LogP contribution in [0.25, 0.3) is 0 Å². The lowest BCUT2D eigenvalue weighted by Gasteiger charge is -2.33. The van der Waals surface area contributed by atoms with Crippen molar-refractivity contribution in [2.45, 2.75) is 32.2 Å². The average molecular weight is 434 g/mol. The molecule has 0 radical (unpaired) electrons. The van der Waals surface area contributed by atoms with Crippen LogP contribution in [0.3, 0.4) is 0 Å². The van der Waals surface area contributed by atoms with Gasteiger partial charge in [0.25, 0.3) is 12.3 Å². The number of rotatable bonds is 4. The molecule has 2 aromatic rings. The highest BCUT2D eigenvalue weighted by molar-refractivity contribution is 6.00. The third-order valence-corrected chi connectivity index (χ3v) is 4.41. The van der Waals surface area contributed by atoms with Gasteiger partial charge in [-0.3, -0.25) is 14.9 Å². The standard InChI is InChI=1S/C18H12F6N2O4/c1-8-17(27)25(7-9-3-2-4-10(5-9)16(20)21)12-6-11(18(22,23)24)14(26(28)29)13(19)15(12)30-8/h2-6,8,16H,7H2,1H3/t8-/m1/s1. The fourth-order valence-electron chi connectivity index (χ4n) is 3.05. The summed E-state index contributed by atoms with van der Waals surface area (Å²) in [5.74, 6) is -3.64. The van der Waals surface area contributed by atoms with Gasteiger partial charge < -0.3 is 9.64 Å². The number of nitro groups is 1. The number of hydrogen-bond donors (Lipinski definition) is 0. The molecule has 1 amide bonds. The van der Waals surface area contributed by atoms with Gasteiger partial charge in [0.15, 0.2) is 11.9 Å². The van der Waals surface area contributed by atoms with Crippen LogP contribution in [0.2, 0.25) is 0 Å². The SMILES string of the molecule is C[C@H]1Oc2c(cc(C(F)(F)F)c([N+](=O)[O-])c2F)N(Cc2cccc(C(F)F)c2)C1=O. The summed E-state index contributed by atoms with van der Waals surface area (Å²) in [6.45, 7) is 0.700. The van der Waals surface area contributed by atoms with Crippen molar-refractivity contribution >= 4 is 17.3 Å². The Kier molecular flexibility index (Phi) is 5.35. The van der Waals surface area contributed by atoms with Gasteiger partial charge in [0.2, 0.25) is 5.82 Å². The van der Waals surface area contributed by atoms with Gasteiger partial charge in [0.1, 0.15) is 5.56 Å². The average Bonchev–Trinajstić information content (AvgIpc) is 2.65. The van der Waals surface area contributed by atoms with Crippen molar-refractivity contribution in [2.24, 2.45) is 0 Å². The third kappa shape index (κ3) is 3.76. The van der Waals surface area contributed by atoms with Gasteiger partial charge in [0, 0.05) is 5.56 Å². The molecule has 0 saturated heterocycles. The second kappa shape index (κ2) is 7.50. The molecule has 30 heavy (non-hydrogen) atoms. The number of amides is 1. The van der Waals surface area contributed by atoms with Gasteiger partial charge >= 0.3 is 11.9 Å². The quantitative estimate of drug-likeness (QED) is 0.386. The predicted octanol–water partition coefficient (Wildman–Crippen LogP) is 5.00. The minimum atomic E-state index is -5.30. The molecule has 0 bridgehead atoms. The number of carbonyl (C=O) groups excluding carboxylic acids is 1. The second-order valence-electron chi connectivity index (χ2n) is 6.42. The van der Waals surface area contributed by atoms with Crippen LogP contribution in [-0.2, 0) is 17.5 Å². The van der Waals surface area contributed by atoms with Crippen LogP contribution in [0.4, 0.5) is 37.7 Å². The summed E-state index contributed by atoms with van der Waals surface area (Å²) in [5.41, 5.74) is -4.67. The molecule has 160 valence electrons. The van der Waals surface area contributed by atoms with Crippen LogP contribution in [0.1, 0.15) is 30.0 Å². The molecule has 2 aromatic carbocycles. The number of ether oxygens (including phenoxy) is 1. The topological polar surface area (TPSA) is 72.7 Å². The predicted molar refractivity (Wildman–Crippen MR) is 90.7 cm³/mol. The van der Waals surface area contributed by atoms with E-state index >= 15 is 0 Å². The maximum Gasteiger partial charge on any atom is 0.423 e. The van der Waals surface area contributed by atoms with Crippen molar-refractivity contribution in [2.75, 3.05) is 4.90 Å². The Morgan fingerprint density at radius 2 is 1.93 bits per heavy atom. The van der Waals surface area contributed by atoms with E-state index in [0.29, 0.717) is 0 Å². The molecule has 3 rings (SSSR count). The zero-order chi connectivity index (χ0) is 22.4. The van der Waals surface area contributed by atoms with Crippen LogP contribution in [0, 0.1) is 15.9 Å². The molecule has 0 fully saturated rings. The lowest BCUT2D eigenvalue weighted by molar-refractivity contribution is -0.390. The largest absolute Gasteiger partial charge is 0.475 e. The van der Waals surface area contributed by atoms with Gasteiger partial charge in [0.05, 0.1) is 17.2 Å². The molecule has 1 aliphatic heterocycles. The van der Waals surface area contributed by atoms with E-state index in [0.717, 1.165) is 17.0 Å². The Morgan fingerprint density at radius 3 is 2.50 bits per heavy atom. The summed E-state index contributed by atoms with van der Waals surface area (Å²) >= 11 is 0. The highest BCUT2D eigenvalue weighted by Gasteiger charge is 2.46. The number of anilines is 1. The highest BCUT2D eigenvalue weighted by Crippen LogP contribution is 2.47. The number of fused-ring (bicyclic) bond motifs is 1. The number of carbonyl (C=O) groups is 1. The fraction of sp³-hybridized carbons (Fsp3) is 0.278. The van der Waals surface area contributed by atoms with Crippen molar-refractivity contribution in [3.63, 3.8) is 0 Å². The minimum absolute atomic E-state index is 0.133. The molecule has 0 aliphatic carbocycles. The summed E-state index contributed by atoms with van der Waals surface area (Å²) in [4.78, 5) is 22.8. The van der Waals surface area contributed by atoms with E-state index in [1.807, 2.05) is 0 Å². The van der Waals surface area contributed by atoms with Crippen molar-refractivity contribution in [3.05, 3.63) is 63.0 Å². The first kappa shape index (κ1) is 21.4. The lowest BCUT2D eigenvalue weighted by atomic mass is 10.0. The molecular weight excluding hydrogens is 422 g/mol. The monoisotopic (exact) mass is 434 g/mol. The Bertz CT molecular complexity index is 1020. The molecule has 0 saturated carbocycles. The molecule has 1 aliphatic rings. The third-order valence-electron chi connectivity index (χ3n) is 4.41. The van der Waals surface area contributed by atoms with Crippen molar-refractivity contribution in [1.29, 1.82) is 0 Å². The van der Waals surface area contributed by atoms with E-state index in [1.165, 1.54) is 19.1 Å². The van der Waals surface area contributed by atoms with Crippen LogP contribution in [-0.4, -0.2) is 16.9 Å². The minimum Gasteiger partial charge on any atom is -0.475 e. The van der Waals surface area contributed by atoms with Crippen LogP contribution in [0.15, 0.2) is 30.3 Å². The van der Waals surface area contributed by atoms with Crippen LogP contribution < -0.4 is 9.64 Å². The van der Waals surface area contributed by atoms with Crippen molar-refractivity contribution in [3.8, 4) is 5.75 Å². The summed E-state index contributed by atoms with van der Waals surface area (Å²) < 4.78 is 85.5. The molecule has 12 heteroatoms. The number of halogens is 6. The van der Waals surface area contributed by atoms with Crippen LogP contribution in [0.5, 0.6) is 5.75 Å². The molecule has 1 atom stereocenters. The maximum absolute atomic E-state index is 14.7. The Labute approximate surface area is 164 Å². The van der Waals surface area contributed by atoms with E-state index in [9.17, 15) is 41.3 Å². The molecule has 6 nitrogen and oxygen atoms in total. The molecule has 0 unspecified atom stereocenters. The first-order valence-corrected chi connectivity index (χ1v) is 8.35. The van der Waals surface area contributed by atoms with Crippen molar-refractivity contribution in [1.82, 2.24) is 0 Å². The second-order valence-corrected chi connectivity index (χ2v) is 6.42. The zero-order valence-electron chi connectivity index (χ0n) is 15.0. The van der Waals surface area contributed by atoms with E-state index in [4.69, 9.17) is 4.74 Å². The van der Waals surface area contributed by atoms with Gasteiger partial charge in [-0.1, -0.05) is 18.2 Å². The first-order valence-electron chi connectivity index (χ1n) is 8.35. The van der Waals surface area contributed by atoms with Crippen LogP contribution >= 0.6 is 0 Å². The highest BCUT2D eigenvalue weighted by atomic mass is 19.4. The van der Waals surface area contributed by atoms with Gasteiger partial charge in [-0.15, -0.1) is 0 Å². The summed E-state index contributed by atoms with van der Waals surface area (Å²) in [5, 5.41) is 11.1. The lowest BCUT2D eigenvalue weighted by Crippen LogP contribution is -2.44. The molecule has 0 aromatic heterocycles. The normalized spacial score (nSPS) is 16.5. The molecule has 0 spiro atoms. The molecule has 0 N–H and O–H groups in total. The maximum atomic E-state index is 14.7. The number of nitrogens with zero attached hydrogens (tertiary/aromatic N) is 2. The Balaban J connectivity index is 2.18. The van der Waals surface area contributed by atoms with Crippen molar-refractivity contribution < 1.29 is 40.8 Å². The summed E-state index contributed by atoms with van der Waals surface area (Å²) in [6.07, 6.45) is -9.50. The van der Waals surface area contributed by atoms with E-state index in [1.54, 1.807) is 0 Å². The van der Waals surface area contributed by atoms with Gasteiger partial charge in [-0.2, -0.15) is 17.6 Å². The smallest absolute Gasteiger partial charge is 0.423 e. The van der Waals surface area contributed by atoms with Gasteiger partial charge in [-0.25, -0.2) is 8.78 Å². The Hall–Kier alpha value is -3.31. The van der Waals surface area contributed by atoms with Gasteiger partial charge in [-0.05, 0) is 24.6 Å². The zero-order valence-corrected chi connectivity index (χ0v) is 15.0.